The van der Waals surface area contributed by atoms with Gasteiger partial charge >= 0.3 is 5.97 Å². The summed E-state index contributed by atoms with van der Waals surface area (Å²) in [7, 11) is 0. The van der Waals surface area contributed by atoms with Gasteiger partial charge in [0.05, 0.1) is 5.56 Å². The van der Waals surface area contributed by atoms with Gasteiger partial charge in [-0.3, -0.25) is 9.59 Å². The molecule has 0 aliphatic heterocycles. The number of hydrogen-bond donors (Lipinski definition) is 0. The van der Waals surface area contributed by atoms with Gasteiger partial charge in [0.15, 0.2) is 0 Å². The van der Waals surface area contributed by atoms with E-state index in [1.54, 1.807) is 24.3 Å². The van der Waals surface area contributed by atoms with Crippen molar-refractivity contribution in [2.75, 3.05) is 0 Å². The average molecular weight is 244 g/mol. The SMILES string of the molecule is CCCCC#CC(=O)c1ccccc1OC(C)=O. The first-order chi connectivity index (χ1) is 8.65. The summed E-state index contributed by atoms with van der Waals surface area (Å²) in [6.45, 7) is 3.37. The molecule has 0 aliphatic rings. The van der Waals surface area contributed by atoms with E-state index in [1.165, 1.54) is 6.92 Å². The van der Waals surface area contributed by atoms with E-state index in [1.807, 2.05) is 0 Å². The number of benzene rings is 1. The summed E-state index contributed by atoms with van der Waals surface area (Å²) in [6.07, 6.45) is 2.73. The van der Waals surface area contributed by atoms with Gasteiger partial charge in [-0.15, -0.1) is 0 Å². The van der Waals surface area contributed by atoms with Crippen molar-refractivity contribution in [1.29, 1.82) is 0 Å². The lowest BCUT2D eigenvalue weighted by Crippen LogP contribution is -2.06. The van der Waals surface area contributed by atoms with Crippen molar-refractivity contribution in [3.63, 3.8) is 0 Å². The Hall–Kier alpha value is -2.08. The minimum atomic E-state index is -0.450. The number of carbonyl (C=O) groups is 2. The maximum atomic E-state index is 11.8. The van der Waals surface area contributed by atoms with Crippen LogP contribution in [0.4, 0.5) is 0 Å². The lowest BCUT2D eigenvalue weighted by Gasteiger charge is -2.04. The summed E-state index contributed by atoms with van der Waals surface area (Å²) >= 11 is 0. The molecule has 0 unspecified atom stereocenters. The Morgan fingerprint density at radius 1 is 1.28 bits per heavy atom. The Bertz CT molecular complexity index is 492. The number of Topliss-reactive ketones (excluding diaryl/α,β-unsaturated/α-hetero) is 1. The highest BCUT2D eigenvalue weighted by atomic mass is 16.5. The lowest BCUT2D eigenvalue weighted by molar-refractivity contribution is -0.131. The number of ether oxygens (including phenoxy) is 1. The van der Waals surface area contributed by atoms with Crippen molar-refractivity contribution >= 4 is 11.8 Å². The third-order valence-electron chi connectivity index (χ3n) is 2.24. The minimum absolute atomic E-state index is 0.264. The maximum Gasteiger partial charge on any atom is 0.308 e. The van der Waals surface area contributed by atoms with E-state index in [-0.39, 0.29) is 11.5 Å². The van der Waals surface area contributed by atoms with Crippen LogP contribution in [0.5, 0.6) is 5.75 Å². The second-order valence-corrected chi connectivity index (χ2v) is 3.82. The highest BCUT2D eigenvalue weighted by molar-refractivity contribution is 6.11. The van der Waals surface area contributed by atoms with Gasteiger partial charge in [-0.25, -0.2) is 0 Å². The van der Waals surface area contributed by atoms with Crippen molar-refractivity contribution in [2.24, 2.45) is 0 Å². The molecule has 94 valence electrons. The van der Waals surface area contributed by atoms with Gasteiger partial charge in [0, 0.05) is 13.3 Å². The van der Waals surface area contributed by atoms with Crippen molar-refractivity contribution in [2.45, 2.75) is 33.1 Å². The fraction of sp³-hybridized carbons (Fsp3) is 0.333. The number of ketones is 1. The Kier molecular flexibility index (Phi) is 5.66. The summed E-state index contributed by atoms with van der Waals surface area (Å²) in [5.41, 5.74) is 0.330. The molecule has 0 spiro atoms. The van der Waals surface area contributed by atoms with Crippen molar-refractivity contribution in [3.8, 4) is 17.6 Å². The zero-order valence-corrected chi connectivity index (χ0v) is 10.7. The molecule has 3 heteroatoms. The van der Waals surface area contributed by atoms with Crippen LogP contribution in [0.25, 0.3) is 0 Å². The quantitative estimate of drug-likeness (QED) is 0.204. The van der Waals surface area contributed by atoms with E-state index in [0.29, 0.717) is 12.0 Å². The molecule has 0 atom stereocenters. The van der Waals surface area contributed by atoms with Gasteiger partial charge in [-0.05, 0) is 24.5 Å². The molecule has 0 heterocycles. The Balaban J connectivity index is 2.83. The van der Waals surface area contributed by atoms with E-state index >= 15 is 0 Å². The van der Waals surface area contributed by atoms with Crippen LogP contribution in [0, 0.1) is 11.8 Å². The summed E-state index contributed by atoms with van der Waals surface area (Å²) in [5, 5.41) is 0. The second kappa shape index (κ2) is 7.29. The van der Waals surface area contributed by atoms with E-state index in [0.717, 1.165) is 12.8 Å². The maximum absolute atomic E-state index is 11.8. The van der Waals surface area contributed by atoms with E-state index in [2.05, 4.69) is 18.8 Å². The van der Waals surface area contributed by atoms with Gasteiger partial charge < -0.3 is 4.74 Å². The lowest BCUT2D eigenvalue weighted by atomic mass is 10.1. The number of para-hydroxylation sites is 1. The normalized spacial score (nSPS) is 9.22. The summed E-state index contributed by atoms with van der Waals surface area (Å²) in [4.78, 5) is 22.8. The van der Waals surface area contributed by atoms with Crippen LogP contribution in [-0.4, -0.2) is 11.8 Å². The molecule has 0 N–H and O–H groups in total. The van der Waals surface area contributed by atoms with Crippen LogP contribution in [0.1, 0.15) is 43.5 Å². The highest BCUT2D eigenvalue weighted by Crippen LogP contribution is 2.18. The minimum Gasteiger partial charge on any atom is -0.426 e. The third-order valence-corrected chi connectivity index (χ3v) is 2.24. The first kappa shape index (κ1) is 14.0. The number of esters is 1. The molecule has 1 rings (SSSR count). The molecule has 0 saturated carbocycles. The number of hydrogen-bond acceptors (Lipinski definition) is 3. The Morgan fingerprint density at radius 3 is 2.67 bits per heavy atom. The largest absolute Gasteiger partial charge is 0.426 e. The molecular formula is C15H16O3. The first-order valence-electron chi connectivity index (χ1n) is 5.95. The van der Waals surface area contributed by atoms with Gasteiger partial charge in [0.2, 0.25) is 5.78 Å². The molecule has 0 aliphatic carbocycles. The topological polar surface area (TPSA) is 43.4 Å². The first-order valence-corrected chi connectivity index (χ1v) is 5.95. The number of unbranched alkanes of at least 4 members (excludes halogenated alkanes) is 2. The molecule has 0 fully saturated rings. The molecule has 0 aromatic heterocycles. The second-order valence-electron chi connectivity index (χ2n) is 3.82. The van der Waals surface area contributed by atoms with E-state index in [4.69, 9.17) is 4.74 Å². The van der Waals surface area contributed by atoms with Crippen LogP contribution >= 0.6 is 0 Å². The molecule has 3 nitrogen and oxygen atoms in total. The zero-order chi connectivity index (χ0) is 13.4. The molecule has 1 aromatic carbocycles. The van der Waals surface area contributed by atoms with Crippen LogP contribution in [0.3, 0.4) is 0 Å². The predicted octanol–water partition coefficient (Wildman–Crippen LogP) is 2.99. The zero-order valence-electron chi connectivity index (χ0n) is 10.7. The smallest absolute Gasteiger partial charge is 0.308 e. The standard InChI is InChI=1S/C15H16O3/c1-3-4-5-6-10-14(17)13-9-7-8-11-15(13)18-12(2)16/h7-9,11H,3-5H2,1-2H3. The number of carbonyl (C=O) groups excluding carboxylic acids is 2. The molecule has 0 bridgehead atoms. The molecule has 1 aromatic rings. The van der Waals surface area contributed by atoms with E-state index in [9.17, 15) is 9.59 Å². The van der Waals surface area contributed by atoms with Crippen LogP contribution in [-0.2, 0) is 4.79 Å². The van der Waals surface area contributed by atoms with Crippen LogP contribution in [0.15, 0.2) is 24.3 Å². The summed E-state index contributed by atoms with van der Waals surface area (Å²) in [6, 6.07) is 6.62. The third kappa shape index (κ3) is 4.42. The van der Waals surface area contributed by atoms with Crippen LogP contribution in [0.2, 0.25) is 0 Å². The van der Waals surface area contributed by atoms with E-state index < -0.39 is 5.97 Å². The fourth-order valence-corrected chi connectivity index (χ4v) is 1.37. The average Bonchev–Trinajstić information content (AvgIpc) is 2.34. The summed E-state index contributed by atoms with van der Waals surface area (Å²) in [5.74, 6) is 4.89. The molecule has 18 heavy (non-hydrogen) atoms. The molecular weight excluding hydrogens is 228 g/mol. The van der Waals surface area contributed by atoms with Gasteiger partial charge in [0.1, 0.15) is 5.75 Å². The van der Waals surface area contributed by atoms with Crippen molar-refractivity contribution in [1.82, 2.24) is 0 Å². The van der Waals surface area contributed by atoms with Crippen molar-refractivity contribution < 1.29 is 14.3 Å². The number of rotatable bonds is 4. The Morgan fingerprint density at radius 2 is 2.00 bits per heavy atom. The molecule has 0 radical (unpaired) electrons. The van der Waals surface area contributed by atoms with Crippen molar-refractivity contribution in [3.05, 3.63) is 29.8 Å². The van der Waals surface area contributed by atoms with Crippen LogP contribution < -0.4 is 4.74 Å². The predicted molar refractivity (Wildman–Crippen MR) is 69.4 cm³/mol. The van der Waals surface area contributed by atoms with Gasteiger partial charge in [-0.2, -0.15) is 0 Å². The molecule has 0 saturated heterocycles. The fourth-order valence-electron chi connectivity index (χ4n) is 1.37. The monoisotopic (exact) mass is 244 g/mol. The Labute approximate surface area is 107 Å². The molecule has 0 amide bonds. The van der Waals surface area contributed by atoms with Gasteiger partial charge in [0.25, 0.3) is 0 Å². The highest BCUT2D eigenvalue weighted by Gasteiger charge is 2.10. The van der Waals surface area contributed by atoms with Gasteiger partial charge in [-0.1, -0.05) is 31.4 Å². The summed E-state index contributed by atoms with van der Waals surface area (Å²) < 4.78 is 4.97.